The number of hydrogen-bond acceptors (Lipinski definition) is 3. The third kappa shape index (κ3) is 2.47. The van der Waals surface area contributed by atoms with Gasteiger partial charge in [-0.15, -0.1) is 0 Å². The minimum Gasteiger partial charge on any atom is -0.372 e. The summed E-state index contributed by atoms with van der Waals surface area (Å²) in [7, 11) is 1.93. The van der Waals surface area contributed by atoms with Crippen LogP contribution in [-0.4, -0.2) is 20.1 Å². The maximum Gasteiger partial charge on any atom is 0.101 e. The van der Waals surface area contributed by atoms with Crippen molar-refractivity contribution in [1.29, 1.82) is 5.26 Å². The summed E-state index contributed by atoms with van der Waals surface area (Å²) in [5, 5.41) is 8.90. The molecule has 0 fully saturated rings. The van der Waals surface area contributed by atoms with Crippen molar-refractivity contribution in [3.63, 3.8) is 0 Å². The summed E-state index contributed by atoms with van der Waals surface area (Å²) in [6, 6.07) is 7.74. The van der Waals surface area contributed by atoms with Gasteiger partial charge in [-0.2, -0.15) is 5.26 Å². The van der Waals surface area contributed by atoms with Gasteiger partial charge in [0.1, 0.15) is 6.07 Å². The number of likely N-dealkylation sites (N-methyl/N-ethyl adjacent to an activating group) is 1. The molecule has 3 nitrogen and oxygen atoms in total. The van der Waals surface area contributed by atoms with Crippen LogP contribution in [0, 0.1) is 11.3 Å². The Kier molecular flexibility index (Phi) is 3.93. The van der Waals surface area contributed by atoms with Crippen molar-refractivity contribution >= 4 is 21.6 Å². The standard InChI is InChI=1S/C10H12BrN3/c1-14(5-4-12)10-6-9(11)3-2-8(10)7-13/h2-3,6H,4-5,12H2,1H3. The highest BCUT2D eigenvalue weighted by Gasteiger charge is 2.06. The number of nitrogens with zero attached hydrogens (tertiary/aromatic N) is 2. The van der Waals surface area contributed by atoms with E-state index < -0.39 is 0 Å². The third-order valence-corrected chi connectivity index (χ3v) is 2.45. The van der Waals surface area contributed by atoms with Gasteiger partial charge in [-0.25, -0.2) is 0 Å². The van der Waals surface area contributed by atoms with Crippen LogP contribution in [0.4, 0.5) is 5.69 Å². The lowest BCUT2D eigenvalue weighted by atomic mass is 10.2. The summed E-state index contributed by atoms with van der Waals surface area (Å²) < 4.78 is 0.968. The van der Waals surface area contributed by atoms with E-state index in [9.17, 15) is 0 Å². The van der Waals surface area contributed by atoms with E-state index in [-0.39, 0.29) is 0 Å². The minimum atomic E-state index is 0.577. The Morgan fingerprint density at radius 3 is 2.86 bits per heavy atom. The fourth-order valence-corrected chi connectivity index (χ4v) is 1.58. The highest BCUT2D eigenvalue weighted by atomic mass is 79.9. The molecule has 74 valence electrons. The number of nitrogens with two attached hydrogens (primary N) is 1. The quantitative estimate of drug-likeness (QED) is 0.893. The van der Waals surface area contributed by atoms with E-state index in [0.29, 0.717) is 12.1 Å². The second kappa shape index (κ2) is 4.99. The van der Waals surface area contributed by atoms with Crippen molar-refractivity contribution in [2.24, 2.45) is 5.73 Å². The van der Waals surface area contributed by atoms with Gasteiger partial charge in [-0.05, 0) is 18.2 Å². The Morgan fingerprint density at radius 1 is 1.57 bits per heavy atom. The first-order chi connectivity index (χ1) is 6.69. The number of halogens is 1. The Bertz CT molecular complexity index is 357. The van der Waals surface area contributed by atoms with Gasteiger partial charge in [0.15, 0.2) is 0 Å². The molecule has 0 amide bonds. The average Bonchev–Trinajstić information content (AvgIpc) is 2.18. The molecule has 0 aromatic heterocycles. The molecule has 2 N–H and O–H groups in total. The highest BCUT2D eigenvalue weighted by Crippen LogP contribution is 2.23. The average molecular weight is 254 g/mol. The molecule has 0 aliphatic carbocycles. The van der Waals surface area contributed by atoms with Crippen LogP contribution in [0.25, 0.3) is 0 Å². The minimum absolute atomic E-state index is 0.577. The Hall–Kier alpha value is -1.05. The highest BCUT2D eigenvalue weighted by molar-refractivity contribution is 9.10. The van der Waals surface area contributed by atoms with Crippen LogP contribution < -0.4 is 10.6 Å². The number of benzene rings is 1. The monoisotopic (exact) mass is 253 g/mol. The molecule has 0 aliphatic rings. The normalized spacial score (nSPS) is 9.57. The van der Waals surface area contributed by atoms with Crippen molar-refractivity contribution < 1.29 is 0 Å². The smallest absolute Gasteiger partial charge is 0.101 e. The topological polar surface area (TPSA) is 53.0 Å². The second-order valence-electron chi connectivity index (χ2n) is 2.98. The summed E-state index contributed by atoms with van der Waals surface area (Å²) in [6.07, 6.45) is 0. The molecule has 0 atom stereocenters. The van der Waals surface area contributed by atoms with Crippen LogP contribution in [0.2, 0.25) is 0 Å². The van der Waals surface area contributed by atoms with E-state index in [1.165, 1.54) is 0 Å². The molecule has 14 heavy (non-hydrogen) atoms. The zero-order valence-electron chi connectivity index (χ0n) is 8.00. The lowest BCUT2D eigenvalue weighted by Crippen LogP contribution is -2.25. The Labute approximate surface area is 92.3 Å². The first-order valence-corrected chi connectivity index (χ1v) is 5.09. The van der Waals surface area contributed by atoms with Crippen molar-refractivity contribution in [1.82, 2.24) is 0 Å². The van der Waals surface area contributed by atoms with E-state index in [2.05, 4.69) is 22.0 Å². The molecular formula is C10H12BrN3. The number of rotatable bonds is 3. The summed E-state index contributed by atoms with van der Waals surface area (Å²) in [6.45, 7) is 1.32. The molecular weight excluding hydrogens is 242 g/mol. The van der Waals surface area contributed by atoms with E-state index in [1.54, 1.807) is 6.07 Å². The van der Waals surface area contributed by atoms with Gasteiger partial charge in [0.2, 0.25) is 0 Å². The van der Waals surface area contributed by atoms with Gasteiger partial charge < -0.3 is 10.6 Å². The van der Waals surface area contributed by atoms with Gasteiger partial charge in [-0.1, -0.05) is 15.9 Å². The summed E-state index contributed by atoms with van der Waals surface area (Å²) in [5.41, 5.74) is 7.04. The molecule has 0 heterocycles. The molecule has 0 spiro atoms. The van der Waals surface area contributed by atoms with Gasteiger partial charge in [0.05, 0.1) is 11.3 Å². The molecule has 1 rings (SSSR count). The predicted molar refractivity (Wildman–Crippen MR) is 61.2 cm³/mol. The maximum atomic E-state index is 8.90. The van der Waals surface area contributed by atoms with E-state index in [1.807, 2.05) is 24.1 Å². The van der Waals surface area contributed by atoms with E-state index in [0.717, 1.165) is 16.7 Å². The van der Waals surface area contributed by atoms with Crippen molar-refractivity contribution in [3.8, 4) is 6.07 Å². The summed E-state index contributed by atoms with van der Waals surface area (Å²) >= 11 is 3.38. The van der Waals surface area contributed by atoms with Crippen LogP contribution in [-0.2, 0) is 0 Å². The third-order valence-electron chi connectivity index (χ3n) is 1.96. The molecule has 1 aromatic rings. The first-order valence-electron chi connectivity index (χ1n) is 4.30. The molecule has 0 unspecified atom stereocenters. The lowest BCUT2D eigenvalue weighted by Gasteiger charge is -2.19. The van der Waals surface area contributed by atoms with E-state index >= 15 is 0 Å². The van der Waals surface area contributed by atoms with Crippen LogP contribution in [0.3, 0.4) is 0 Å². The van der Waals surface area contributed by atoms with Crippen molar-refractivity contribution in [2.75, 3.05) is 25.0 Å². The summed E-state index contributed by atoms with van der Waals surface area (Å²) in [4.78, 5) is 1.98. The molecule has 0 saturated carbocycles. The molecule has 1 aromatic carbocycles. The van der Waals surface area contributed by atoms with Crippen molar-refractivity contribution in [2.45, 2.75) is 0 Å². The van der Waals surface area contributed by atoms with Crippen LogP contribution >= 0.6 is 15.9 Å². The SMILES string of the molecule is CN(CCN)c1cc(Br)ccc1C#N. The Balaban J connectivity index is 3.05. The Morgan fingerprint density at radius 2 is 2.29 bits per heavy atom. The number of hydrogen-bond donors (Lipinski definition) is 1. The largest absolute Gasteiger partial charge is 0.372 e. The van der Waals surface area contributed by atoms with Gasteiger partial charge >= 0.3 is 0 Å². The van der Waals surface area contributed by atoms with Crippen LogP contribution in [0.1, 0.15) is 5.56 Å². The zero-order chi connectivity index (χ0) is 10.6. The number of anilines is 1. The molecule has 0 radical (unpaired) electrons. The van der Waals surface area contributed by atoms with Gasteiger partial charge in [0.25, 0.3) is 0 Å². The van der Waals surface area contributed by atoms with Crippen LogP contribution in [0.5, 0.6) is 0 Å². The zero-order valence-corrected chi connectivity index (χ0v) is 9.58. The fourth-order valence-electron chi connectivity index (χ4n) is 1.23. The maximum absolute atomic E-state index is 8.90. The van der Waals surface area contributed by atoms with Crippen LogP contribution in [0.15, 0.2) is 22.7 Å². The predicted octanol–water partition coefficient (Wildman–Crippen LogP) is 1.72. The van der Waals surface area contributed by atoms with E-state index in [4.69, 9.17) is 11.0 Å². The summed E-state index contributed by atoms with van der Waals surface area (Å²) in [5.74, 6) is 0. The van der Waals surface area contributed by atoms with Gasteiger partial charge in [-0.3, -0.25) is 0 Å². The van der Waals surface area contributed by atoms with Crippen molar-refractivity contribution in [3.05, 3.63) is 28.2 Å². The van der Waals surface area contributed by atoms with Gasteiger partial charge in [0, 0.05) is 24.6 Å². The molecule has 4 heteroatoms. The fraction of sp³-hybridized carbons (Fsp3) is 0.300. The molecule has 0 aliphatic heterocycles. The molecule has 0 saturated heterocycles. The lowest BCUT2D eigenvalue weighted by molar-refractivity contribution is 0.884. The second-order valence-corrected chi connectivity index (χ2v) is 3.90. The number of nitriles is 1. The molecule has 0 bridgehead atoms. The first kappa shape index (κ1) is 11.0.